The molecule has 0 unspecified atom stereocenters. The first-order valence-electron chi connectivity index (χ1n) is 21.1. The van der Waals surface area contributed by atoms with Crippen molar-refractivity contribution in [2.24, 2.45) is 0 Å². The lowest BCUT2D eigenvalue weighted by atomic mass is 10.00. The third kappa shape index (κ3) is 5.76. The molecule has 0 amide bonds. The van der Waals surface area contributed by atoms with Crippen molar-refractivity contribution < 1.29 is 8.83 Å². The molecule has 0 saturated carbocycles. The Bertz CT molecular complexity index is 3900. The van der Waals surface area contributed by atoms with Crippen LogP contribution in [0.5, 0.6) is 0 Å². The van der Waals surface area contributed by atoms with Gasteiger partial charge in [0.25, 0.3) is 0 Å². The van der Waals surface area contributed by atoms with Crippen LogP contribution in [-0.2, 0) is 0 Å². The first-order chi connectivity index (χ1) is 31.2. The number of furan rings is 2. The van der Waals surface area contributed by atoms with Gasteiger partial charge in [-0.2, -0.15) is 0 Å². The van der Waals surface area contributed by atoms with Crippen molar-refractivity contribution in [3.8, 4) is 62.1 Å². The smallest absolute Gasteiger partial charge is 0.164 e. The Morgan fingerprint density at radius 2 is 0.762 bits per heavy atom. The molecular weight excluding hydrogens is 773 g/mol. The van der Waals surface area contributed by atoms with Crippen LogP contribution in [0.4, 0.5) is 0 Å². The molecular formula is C57H34N4O2. The van der Waals surface area contributed by atoms with E-state index < -0.39 is 0 Å². The van der Waals surface area contributed by atoms with Gasteiger partial charge in [-0.05, 0) is 77.4 Å². The summed E-state index contributed by atoms with van der Waals surface area (Å²) in [5, 5.41) is 6.63. The molecule has 0 saturated heterocycles. The Kier molecular flexibility index (Phi) is 7.80. The van der Waals surface area contributed by atoms with Gasteiger partial charge in [0.05, 0.1) is 11.0 Å². The molecule has 9 aromatic carbocycles. The molecule has 6 heteroatoms. The largest absolute Gasteiger partial charge is 0.456 e. The molecule has 0 spiro atoms. The molecule has 4 heterocycles. The molecule has 0 aliphatic rings. The maximum Gasteiger partial charge on any atom is 0.164 e. The molecule has 0 atom stereocenters. The molecule has 294 valence electrons. The van der Waals surface area contributed by atoms with E-state index >= 15 is 0 Å². The summed E-state index contributed by atoms with van der Waals surface area (Å²) in [6.07, 6.45) is 0. The zero-order valence-corrected chi connectivity index (χ0v) is 33.7. The van der Waals surface area contributed by atoms with Crippen molar-refractivity contribution in [2.45, 2.75) is 0 Å². The highest BCUT2D eigenvalue weighted by Gasteiger charge is 2.19. The molecule has 0 aliphatic heterocycles. The fourth-order valence-corrected chi connectivity index (χ4v) is 9.25. The minimum absolute atomic E-state index is 0.551. The number of aromatic nitrogens is 4. The van der Waals surface area contributed by atoms with Gasteiger partial charge in [0.15, 0.2) is 17.5 Å². The summed E-state index contributed by atoms with van der Waals surface area (Å²) >= 11 is 0. The van der Waals surface area contributed by atoms with Gasteiger partial charge in [-0.1, -0.05) is 146 Å². The summed E-state index contributed by atoms with van der Waals surface area (Å²) < 4.78 is 15.4. The molecule has 63 heavy (non-hydrogen) atoms. The number of fused-ring (bicyclic) bond motifs is 9. The van der Waals surface area contributed by atoms with Crippen molar-refractivity contribution in [1.82, 2.24) is 19.5 Å². The number of rotatable bonds is 6. The SMILES string of the molecule is c1ccc(-c2ccc(-c3nc(-c4ccc5c(c4)oc4ccccc45)nc(-c4ccc5c(c4)oc4cc(-c6cccc7c8ccccc8n(-c8ccccc8)c67)ccc45)n3)cc2)cc1. The van der Waals surface area contributed by atoms with Crippen LogP contribution in [0.15, 0.2) is 215 Å². The molecule has 13 aromatic rings. The molecule has 6 nitrogen and oxygen atoms in total. The standard InChI is InChI=1S/C57H34N4O2/c1-3-12-35(13-4-1)36-22-24-37(25-23-36)55-58-56(39-27-30-45-44-17-8-10-21-50(44)62-52(45)33-39)60-57(59-55)40-28-31-47-46-29-26-38(32-51(46)63-53(47)34-40)42-18-11-19-48-43-16-7-9-20-49(43)61(54(42)48)41-14-5-2-6-15-41/h1-34H. The normalized spacial score (nSPS) is 11.8. The molecule has 0 aliphatic carbocycles. The molecule has 13 rings (SSSR count). The van der Waals surface area contributed by atoms with Gasteiger partial charge < -0.3 is 13.4 Å². The Labute approximate surface area is 361 Å². The van der Waals surface area contributed by atoms with Gasteiger partial charge in [0.1, 0.15) is 22.3 Å². The van der Waals surface area contributed by atoms with Crippen LogP contribution in [0.3, 0.4) is 0 Å². The lowest BCUT2D eigenvalue weighted by molar-refractivity contribution is 0.669. The van der Waals surface area contributed by atoms with E-state index in [0.29, 0.717) is 17.5 Å². The predicted octanol–water partition coefficient (Wildman–Crippen LogP) is 15.1. The second kappa shape index (κ2) is 14.0. The van der Waals surface area contributed by atoms with Crippen LogP contribution in [0, 0.1) is 0 Å². The molecule has 0 bridgehead atoms. The van der Waals surface area contributed by atoms with Gasteiger partial charge in [-0.15, -0.1) is 0 Å². The Morgan fingerprint density at radius 1 is 0.302 bits per heavy atom. The molecule has 0 radical (unpaired) electrons. The van der Waals surface area contributed by atoms with Crippen molar-refractivity contribution in [2.75, 3.05) is 0 Å². The summed E-state index contributed by atoms with van der Waals surface area (Å²) in [7, 11) is 0. The highest BCUT2D eigenvalue weighted by atomic mass is 16.3. The zero-order valence-electron chi connectivity index (χ0n) is 33.7. The van der Waals surface area contributed by atoms with E-state index in [1.807, 2.05) is 36.4 Å². The Balaban J connectivity index is 0.939. The van der Waals surface area contributed by atoms with E-state index in [-0.39, 0.29) is 0 Å². The van der Waals surface area contributed by atoms with Crippen LogP contribution in [0.2, 0.25) is 0 Å². The van der Waals surface area contributed by atoms with Gasteiger partial charge in [-0.25, -0.2) is 15.0 Å². The van der Waals surface area contributed by atoms with Gasteiger partial charge in [0.2, 0.25) is 0 Å². The third-order valence-electron chi connectivity index (χ3n) is 12.3. The van der Waals surface area contributed by atoms with Crippen LogP contribution in [-0.4, -0.2) is 19.5 Å². The fraction of sp³-hybridized carbons (Fsp3) is 0. The van der Waals surface area contributed by atoms with E-state index in [1.54, 1.807) is 0 Å². The minimum atomic E-state index is 0.551. The van der Waals surface area contributed by atoms with Gasteiger partial charge in [-0.3, -0.25) is 0 Å². The highest BCUT2D eigenvalue weighted by molar-refractivity contribution is 6.15. The first-order valence-corrected chi connectivity index (χ1v) is 21.1. The van der Waals surface area contributed by atoms with Crippen LogP contribution >= 0.6 is 0 Å². The average Bonchev–Trinajstić information content (AvgIpc) is 4.03. The summed E-state index contributed by atoms with van der Waals surface area (Å²) in [5.74, 6) is 1.69. The monoisotopic (exact) mass is 806 g/mol. The van der Waals surface area contributed by atoms with Gasteiger partial charge >= 0.3 is 0 Å². The lowest BCUT2D eigenvalue weighted by Crippen LogP contribution is -2.00. The number of para-hydroxylation sites is 4. The van der Waals surface area contributed by atoms with Crippen LogP contribution in [0.25, 0.3) is 128 Å². The topological polar surface area (TPSA) is 69.9 Å². The number of hydrogen-bond acceptors (Lipinski definition) is 5. The zero-order chi connectivity index (χ0) is 41.4. The van der Waals surface area contributed by atoms with Crippen molar-refractivity contribution in [3.63, 3.8) is 0 Å². The Morgan fingerprint density at radius 3 is 1.44 bits per heavy atom. The number of benzene rings is 9. The maximum atomic E-state index is 6.73. The predicted molar refractivity (Wildman–Crippen MR) is 256 cm³/mol. The highest BCUT2D eigenvalue weighted by Crippen LogP contribution is 2.41. The summed E-state index contributed by atoms with van der Waals surface area (Å²) in [5.41, 5.74) is 13.7. The van der Waals surface area contributed by atoms with E-state index in [0.717, 1.165) is 88.5 Å². The summed E-state index contributed by atoms with van der Waals surface area (Å²) in [6.45, 7) is 0. The van der Waals surface area contributed by atoms with E-state index in [9.17, 15) is 0 Å². The quantitative estimate of drug-likeness (QED) is 0.167. The van der Waals surface area contributed by atoms with Crippen molar-refractivity contribution >= 4 is 65.7 Å². The fourth-order valence-electron chi connectivity index (χ4n) is 9.25. The maximum absolute atomic E-state index is 6.73. The summed E-state index contributed by atoms with van der Waals surface area (Å²) in [4.78, 5) is 15.3. The second-order valence-corrected chi connectivity index (χ2v) is 16.0. The summed E-state index contributed by atoms with van der Waals surface area (Å²) in [6, 6.07) is 71.6. The second-order valence-electron chi connectivity index (χ2n) is 16.0. The van der Waals surface area contributed by atoms with E-state index in [4.69, 9.17) is 23.8 Å². The lowest BCUT2D eigenvalue weighted by Gasteiger charge is -2.11. The minimum Gasteiger partial charge on any atom is -0.456 e. The number of nitrogens with zero attached hydrogens (tertiary/aromatic N) is 4. The molecule has 4 aromatic heterocycles. The van der Waals surface area contributed by atoms with Crippen LogP contribution in [0.1, 0.15) is 0 Å². The third-order valence-corrected chi connectivity index (χ3v) is 12.3. The molecule has 0 N–H and O–H groups in total. The van der Waals surface area contributed by atoms with Crippen molar-refractivity contribution in [1.29, 1.82) is 0 Å². The molecule has 0 fully saturated rings. The van der Waals surface area contributed by atoms with E-state index in [1.165, 1.54) is 21.8 Å². The average molecular weight is 807 g/mol. The van der Waals surface area contributed by atoms with Crippen LogP contribution < -0.4 is 0 Å². The van der Waals surface area contributed by atoms with Gasteiger partial charge in [0, 0.05) is 60.3 Å². The Hall–Kier alpha value is -8.61. The number of hydrogen-bond donors (Lipinski definition) is 0. The van der Waals surface area contributed by atoms with E-state index in [2.05, 4.69) is 174 Å². The van der Waals surface area contributed by atoms with Crippen molar-refractivity contribution in [3.05, 3.63) is 206 Å². The first kappa shape index (κ1) is 35.2.